The van der Waals surface area contributed by atoms with E-state index in [0.29, 0.717) is 5.56 Å². The molecule has 0 atom stereocenters. The average molecular weight is 339 g/mol. The number of carbonyl (C=O) groups is 2. The second kappa shape index (κ2) is 7.97. The third kappa shape index (κ3) is 4.47. The molecule has 1 amide bonds. The van der Waals surface area contributed by atoms with Gasteiger partial charge >= 0.3 is 5.97 Å². The molecule has 25 heavy (non-hydrogen) atoms. The highest BCUT2D eigenvalue weighted by atomic mass is 16.4. The van der Waals surface area contributed by atoms with Crippen LogP contribution in [0.1, 0.15) is 66.6 Å². The molecule has 0 saturated carbocycles. The van der Waals surface area contributed by atoms with Crippen molar-refractivity contribution >= 4 is 17.6 Å². The first kappa shape index (κ1) is 18.7. The van der Waals surface area contributed by atoms with E-state index in [-0.39, 0.29) is 29.7 Å². The Kier molecular flexibility index (Phi) is 5.97. The van der Waals surface area contributed by atoms with E-state index in [0.717, 1.165) is 16.8 Å². The summed E-state index contributed by atoms with van der Waals surface area (Å²) < 4.78 is 0. The van der Waals surface area contributed by atoms with Gasteiger partial charge in [0, 0.05) is 5.69 Å². The van der Waals surface area contributed by atoms with E-state index in [2.05, 4.69) is 33.0 Å². The van der Waals surface area contributed by atoms with Gasteiger partial charge in [0.25, 0.3) is 0 Å². The van der Waals surface area contributed by atoms with E-state index in [1.807, 2.05) is 18.2 Å². The molecular formula is C21H25NO3. The van der Waals surface area contributed by atoms with Crippen molar-refractivity contribution in [3.63, 3.8) is 0 Å². The Morgan fingerprint density at radius 2 is 1.48 bits per heavy atom. The van der Waals surface area contributed by atoms with Crippen LogP contribution < -0.4 is 5.32 Å². The Balaban J connectivity index is 2.31. The molecule has 4 nitrogen and oxygen atoms in total. The molecule has 2 rings (SSSR count). The van der Waals surface area contributed by atoms with Crippen molar-refractivity contribution < 1.29 is 14.7 Å². The maximum atomic E-state index is 12.6. The van der Waals surface area contributed by atoms with E-state index in [1.165, 1.54) is 6.07 Å². The number of benzene rings is 2. The first-order chi connectivity index (χ1) is 11.8. The smallest absolute Gasteiger partial charge is 0.335 e. The minimum atomic E-state index is -1.02. The predicted octanol–water partition coefficient (Wildman–Crippen LogP) is 4.81. The quantitative estimate of drug-likeness (QED) is 0.793. The lowest BCUT2D eigenvalue weighted by atomic mass is 9.92. The van der Waals surface area contributed by atoms with E-state index in [9.17, 15) is 14.7 Å². The average Bonchev–Trinajstić information content (AvgIpc) is 2.54. The van der Waals surface area contributed by atoms with Gasteiger partial charge in [-0.2, -0.15) is 0 Å². The maximum absolute atomic E-state index is 12.6. The molecule has 0 aliphatic rings. The largest absolute Gasteiger partial charge is 0.478 e. The number of carboxylic acids is 1. The molecular weight excluding hydrogens is 314 g/mol. The van der Waals surface area contributed by atoms with Crippen LogP contribution in [-0.4, -0.2) is 17.0 Å². The van der Waals surface area contributed by atoms with Crippen molar-refractivity contribution in [1.82, 2.24) is 0 Å². The zero-order chi connectivity index (χ0) is 18.6. The van der Waals surface area contributed by atoms with Crippen LogP contribution in [0.5, 0.6) is 0 Å². The summed E-state index contributed by atoms with van der Waals surface area (Å²) in [4.78, 5) is 23.9. The van der Waals surface area contributed by atoms with Gasteiger partial charge in [0.2, 0.25) is 5.91 Å². The van der Waals surface area contributed by atoms with Crippen LogP contribution in [0.3, 0.4) is 0 Å². The topological polar surface area (TPSA) is 66.4 Å². The summed E-state index contributed by atoms with van der Waals surface area (Å²) in [6.45, 7) is 8.37. The molecule has 4 heteroatoms. The molecule has 0 aliphatic carbocycles. The Labute approximate surface area is 148 Å². The molecule has 0 bridgehead atoms. The Morgan fingerprint density at radius 3 is 2.00 bits per heavy atom. The molecule has 132 valence electrons. The summed E-state index contributed by atoms with van der Waals surface area (Å²) in [5.41, 5.74) is 3.71. The molecule has 0 unspecified atom stereocenters. The highest BCUT2D eigenvalue weighted by Crippen LogP contribution is 2.32. The highest BCUT2D eigenvalue weighted by molar-refractivity contribution is 5.97. The van der Waals surface area contributed by atoms with Crippen molar-refractivity contribution in [2.75, 3.05) is 5.32 Å². The number of para-hydroxylation sites is 1. The molecule has 0 fully saturated rings. The Morgan fingerprint density at radius 1 is 0.920 bits per heavy atom. The van der Waals surface area contributed by atoms with Gasteiger partial charge in [0.05, 0.1) is 12.0 Å². The van der Waals surface area contributed by atoms with Gasteiger partial charge in [-0.3, -0.25) is 4.79 Å². The van der Waals surface area contributed by atoms with Crippen LogP contribution >= 0.6 is 0 Å². The third-order valence-electron chi connectivity index (χ3n) is 4.24. The zero-order valence-corrected chi connectivity index (χ0v) is 15.2. The number of rotatable bonds is 6. The molecule has 0 heterocycles. The summed E-state index contributed by atoms with van der Waals surface area (Å²) >= 11 is 0. The van der Waals surface area contributed by atoms with Gasteiger partial charge in [-0.15, -0.1) is 0 Å². The van der Waals surface area contributed by atoms with Gasteiger partial charge in [0.1, 0.15) is 0 Å². The lowest BCUT2D eigenvalue weighted by molar-refractivity contribution is -0.115. The molecule has 0 radical (unpaired) electrons. The van der Waals surface area contributed by atoms with Crippen molar-refractivity contribution in [3.05, 3.63) is 64.7 Å². The summed E-state index contributed by atoms with van der Waals surface area (Å²) in [7, 11) is 0. The van der Waals surface area contributed by atoms with Gasteiger partial charge in [-0.25, -0.2) is 4.79 Å². The maximum Gasteiger partial charge on any atom is 0.335 e. The number of amides is 1. The van der Waals surface area contributed by atoms with Crippen LogP contribution in [-0.2, 0) is 11.2 Å². The number of hydrogen-bond donors (Lipinski definition) is 2. The van der Waals surface area contributed by atoms with Crippen molar-refractivity contribution in [1.29, 1.82) is 0 Å². The SMILES string of the molecule is CC(C)c1cccc(C(C)C)c1NC(=O)Cc1ccccc1C(=O)O. The molecule has 0 saturated heterocycles. The second-order valence-corrected chi connectivity index (χ2v) is 6.81. The van der Waals surface area contributed by atoms with E-state index in [1.54, 1.807) is 18.2 Å². The number of nitrogens with one attached hydrogen (secondary N) is 1. The standard InChI is InChI=1S/C21H25NO3/c1-13(2)16-10-7-11-17(14(3)4)20(16)22-19(23)12-15-8-5-6-9-18(15)21(24)25/h5-11,13-14H,12H2,1-4H3,(H,22,23)(H,24,25). The second-order valence-electron chi connectivity index (χ2n) is 6.81. The Bertz CT molecular complexity index is 752. The number of aromatic carboxylic acids is 1. The monoisotopic (exact) mass is 339 g/mol. The third-order valence-corrected chi connectivity index (χ3v) is 4.24. The van der Waals surface area contributed by atoms with Crippen LogP contribution in [0.25, 0.3) is 0 Å². The number of carbonyl (C=O) groups excluding carboxylic acids is 1. The molecule has 2 aromatic rings. The first-order valence-corrected chi connectivity index (χ1v) is 8.55. The van der Waals surface area contributed by atoms with Crippen LogP contribution in [0, 0.1) is 0 Å². The fourth-order valence-electron chi connectivity index (χ4n) is 2.94. The minimum Gasteiger partial charge on any atom is -0.478 e. The normalized spacial score (nSPS) is 11.0. The molecule has 2 aromatic carbocycles. The molecule has 0 spiro atoms. The zero-order valence-electron chi connectivity index (χ0n) is 15.2. The van der Waals surface area contributed by atoms with Crippen molar-refractivity contribution in [2.24, 2.45) is 0 Å². The lowest BCUT2D eigenvalue weighted by Crippen LogP contribution is -2.19. The highest BCUT2D eigenvalue weighted by Gasteiger charge is 2.17. The number of carboxylic acid groups (broad SMARTS) is 1. The summed E-state index contributed by atoms with van der Waals surface area (Å²) in [5, 5.41) is 12.3. The number of hydrogen-bond acceptors (Lipinski definition) is 2. The van der Waals surface area contributed by atoms with E-state index < -0.39 is 5.97 Å². The predicted molar refractivity (Wildman–Crippen MR) is 100 cm³/mol. The van der Waals surface area contributed by atoms with Gasteiger partial charge < -0.3 is 10.4 Å². The van der Waals surface area contributed by atoms with Gasteiger partial charge in [0.15, 0.2) is 0 Å². The van der Waals surface area contributed by atoms with Crippen LogP contribution in [0.15, 0.2) is 42.5 Å². The minimum absolute atomic E-state index is 0.0342. The summed E-state index contributed by atoms with van der Waals surface area (Å²) in [6, 6.07) is 12.7. The van der Waals surface area contributed by atoms with Crippen molar-refractivity contribution in [2.45, 2.75) is 46.0 Å². The van der Waals surface area contributed by atoms with Crippen LogP contribution in [0.2, 0.25) is 0 Å². The fraction of sp³-hybridized carbons (Fsp3) is 0.333. The van der Waals surface area contributed by atoms with Gasteiger partial charge in [-0.1, -0.05) is 64.1 Å². The van der Waals surface area contributed by atoms with E-state index >= 15 is 0 Å². The van der Waals surface area contributed by atoms with Gasteiger partial charge in [-0.05, 0) is 34.6 Å². The first-order valence-electron chi connectivity index (χ1n) is 8.55. The molecule has 0 aromatic heterocycles. The summed E-state index contributed by atoms with van der Waals surface area (Å²) in [6.07, 6.45) is 0.0342. The summed E-state index contributed by atoms with van der Waals surface area (Å²) in [5.74, 6) is -0.668. The van der Waals surface area contributed by atoms with Crippen molar-refractivity contribution in [3.8, 4) is 0 Å². The van der Waals surface area contributed by atoms with Crippen LogP contribution in [0.4, 0.5) is 5.69 Å². The fourth-order valence-corrected chi connectivity index (χ4v) is 2.94. The molecule has 2 N–H and O–H groups in total. The molecule has 0 aliphatic heterocycles. The Hall–Kier alpha value is -2.62. The lowest BCUT2D eigenvalue weighted by Gasteiger charge is -2.20. The number of anilines is 1. The van der Waals surface area contributed by atoms with E-state index in [4.69, 9.17) is 0 Å².